The van der Waals surface area contributed by atoms with Crippen molar-refractivity contribution in [2.75, 3.05) is 6.61 Å². The number of rotatable bonds is 2. The first-order valence-electron chi connectivity index (χ1n) is 7.10. The van der Waals surface area contributed by atoms with E-state index in [0.29, 0.717) is 29.3 Å². The summed E-state index contributed by atoms with van der Waals surface area (Å²) in [5, 5.41) is 4.16. The van der Waals surface area contributed by atoms with Crippen LogP contribution in [-0.2, 0) is 11.3 Å². The van der Waals surface area contributed by atoms with Gasteiger partial charge in [-0.25, -0.2) is 23.8 Å². The van der Waals surface area contributed by atoms with Crippen molar-refractivity contribution in [3.05, 3.63) is 48.1 Å². The number of fused-ring (bicyclic) bond motifs is 5. The van der Waals surface area contributed by atoms with Crippen molar-refractivity contribution < 1.29 is 13.9 Å². The summed E-state index contributed by atoms with van der Waals surface area (Å²) in [5.74, 6) is -0.320. The monoisotopic (exact) mass is 313 g/mol. The molecule has 0 amide bonds. The number of benzene rings is 1. The lowest BCUT2D eigenvalue weighted by Gasteiger charge is -2.08. The zero-order valence-electron chi connectivity index (χ0n) is 12.2. The zero-order chi connectivity index (χ0) is 16.0. The highest BCUT2D eigenvalue weighted by Gasteiger charge is 2.27. The molecule has 0 aliphatic carbocycles. The molecule has 0 bridgehead atoms. The van der Waals surface area contributed by atoms with Crippen LogP contribution in [0.2, 0.25) is 0 Å². The van der Waals surface area contributed by atoms with Gasteiger partial charge in [-0.2, -0.15) is 5.10 Å². The standard InChI is InChI=1S/C15H12FN5O2/c1-2-23-15(22)13-12-6-21-14(17-7-19-21)10-5-9(16)3-4-11(10)20(12)8-18-13/h3-5,7-8H,2,6H2,1H3. The van der Waals surface area contributed by atoms with Crippen LogP contribution in [0.4, 0.5) is 4.39 Å². The van der Waals surface area contributed by atoms with Crippen LogP contribution in [0.3, 0.4) is 0 Å². The lowest BCUT2D eigenvalue weighted by Crippen LogP contribution is -2.12. The van der Waals surface area contributed by atoms with Crippen LogP contribution >= 0.6 is 0 Å². The van der Waals surface area contributed by atoms with Gasteiger partial charge in [0.15, 0.2) is 11.5 Å². The van der Waals surface area contributed by atoms with Crippen molar-refractivity contribution in [1.29, 1.82) is 0 Å². The molecule has 0 radical (unpaired) electrons. The molecule has 7 nitrogen and oxygen atoms in total. The van der Waals surface area contributed by atoms with Crippen molar-refractivity contribution in [2.24, 2.45) is 0 Å². The number of esters is 1. The van der Waals surface area contributed by atoms with Gasteiger partial charge < -0.3 is 4.74 Å². The molecule has 1 aliphatic rings. The third kappa shape index (κ3) is 2.02. The van der Waals surface area contributed by atoms with Gasteiger partial charge in [0.2, 0.25) is 0 Å². The smallest absolute Gasteiger partial charge is 0.358 e. The predicted molar refractivity (Wildman–Crippen MR) is 77.6 cm³/mol. The third-order valence-electron chi connectivity index (χ3n) is 3.71. The summed E-state index contributed by atoms with van der Waals surface area (Å²) in [7, 11) is 0. The third-order valence-corrected chi connectivity index (χ3v) is 3.71. The quantitative estimate of drug-likeness (QED) is 0.528. The molecule has 3 aromatic rings. The van der Waals surface area contributed by atoms with E-state index in [0.717, 1.165) is 0 Å². The molecular weight excluding hydrogens is 301 g/mol. The minimum absolute atomic E-state index is 0.227. The van der Waals surface area contributed by atoms with E-state index in [-0.39, 0.29) is 18.1 Å². The Kier molecular flexibility index (Phi) is 2.97. The number of hydrogen-bond acceptors (Lipinski definition) is 5. The lowest BCUT2D eigenvalue weighted by molar-refractivity contribution is 0.0518. The van der Waals surface area contributed by atoms with Gasteiger partial charge in [-0.05, 0) is 25.1 Å². The number of carbonyl (C=O) groups is 1. The highest BCUT2D eigenvalue weighted by molar-refractivity contribution is 5.89. The number of halogens is 1. The second kappa shape index (κ2) is 5.01. The predicted octanol–water partition coefficient (Wildman–Crippen LogP) is 1.81. The van der Waals surface area contributed by atoms with Gasteiger partial charge in [0.05, 0.1) is 24.5 Å². The highest BCUT2D eigenvalue weighted by atomic mass is 19.1. The molecule has 1 aliphatic heterocycles. The van der Waals surface area contributed by atoms with Crippen LogP contribution in [0.25, 0.3) is 17.1 Å². The Hall–Kier alpha value is -3.03. The fourth-order valence-electron chi connectivity index (χ4n) is 2.73. The van der Waals surface area contributed by atoms with E-state index in [9.17, 15) is 9.18 Å². The molecule has 0 saturated heterocycles. The Morgan fingerprint density at radius 3 is 3.09 bits per heavy atom. The van der Waals surface area contributed by atoms with Crippen molar-refractivity contribution in [1.82, 2.24) is 24.3 Å². The second-order valence-electron chi connectivity index (χ2n) is 5.03. The average Bonchev–Trinajstić information content (AvgIpc) is 3.13. The summed E-state index contributed by atoms with van der Waals surface area (Å²) >= 11 is 0. The molecular formula is C15H12FN5O2. The average molecular weight is 313 g/mol. The summed E-state index contributed by atoms with van der Waals surface area (Å²) in [4.78, 5) is 20.5. The molecule has 0 fully saturated rings. The van der Waals surface area contributed by atoms with Gasteiger partial charge in [-0.15, -0.1) is 0 Å². The molecule has 3 heterocycles. The van der Waals surface area contributed by atoms with E-state index in [2.05, 4.69) is 15.1 Å². The molecule has 4 rings (SSSR count). The Balaban J connectivity index is 1.97. The number of nitrogens with zero attached hydrogens (tertiary/aromatic N) is 5. The van der Waals surface area contributed by atoms with Crippen LogP contribution in [0.5, 0.6) is 0 Å². The van der Waals surface area contributed by atoms with E-state index >= 15 is 0 Å². The van der Waals surface area contributed by atoms with Crippen LogP contribution in [0, 0.1) is 5.82 Å². The van der Waals surface area contributed by atoms with Crippen molar-refractivity contribution >= 4 is 5.97 Å². The van der Waals surface area contributed by atoms with Gasteiger partial charge >= 0.3 is 5.97 Å². The number of aromatic nitrogens is 5. The Morgan fingerprint density at radius 2 is 2.26 bits per heavy atom. The van der Waals surface area contributed by atoms with E-state index in [1.54, 1.807) is 22.2 Å². The van der Waals surface area contributed by atoms with Crippen molar-refractivity contribution in [2.45, 2.75) is 13.5 Å². The molecule has 8 heteroatoms. The van der Waals surface area contributed by atoms with Gasteiger partial charge in [-0.3, -0.25) is 4.57 Å². The zero-order valence-corrected chi connectivity index (χ0v) is 12.2. The second-order valence-corrected chi connectivity index (χ2v) is 5.03. The maximum atomic E-state index is 13.7. The molecule has 1 aromatic carbocycles. The van der Waals surface area contributed by atoms with Gasteiger partial charge in [0, 0.05) is 5.56 Å². The maximum absolute atomic E-state index is 13.7. The van der Waals surface area contributed by atoms with Crippen molar-refractivity contribution in [3.8, 4) is 17.1 Å². The van der Waals surface area contributed by atoms with Crippen LogP contribution in [0.15, 0.2) is 30.9 Å². The largest absolute Gasteiger partial charge is 0.461 e. The molecule has 0 unspecified atom stereocenters. The molecule has 0 saturated carbocycles. The first kappa shape index (κ1) is 13.6. The van der Waals surface area contributed by atoms with Crippen molar-refractivity contribution in [3.63, 3.8) is 0 Å². The topological polar surface area (TPSA) is 74.8 Å². The van der Waals surface area contributed by atoms with E-state index in [1.807, 2.05) is 0 Å². The molecule has 0 N–H and O–H groups in total. The van der Waals surface area contributed by atoms with E-state index in [4.69, 9.17) is 4.74 Å². The van der Waals surface area contributed by atoms with Crippen LogP contribution in [0.1, 0.15) is 23.1 Å². The molecule has 0 spiro atoms. The molecule has 0 atom stereocenters. The molecule has 23 heavy (non-hydrogen) atoms. The highest BCUT2D eigenvalue weighted by Crippen LogP contribution is 2.31. The fraction of sp³-hybridized carbons (Fsp3) is 0.200. The fourth-order valence-corrected chi connectivity index (χ4v) is 2.73. The SMILES string of the molecule is CCOC(=O)c1ncn2c1Cn1ncnc1-c1cc(F)ccc1-2. The number of ether oxygens (including phenoxy) is 1. The van der Waals surface area contributed by atoms with E-state index < -0.39 is 5.97 Å². The first-order chi connectivity index (χ1) is 11.2. The summed E-state index contributed by atoms with van der Waals surface area (Å²) in [6.45, 7) is 2.29. The van der Waals surface area contributed by atoms with E-state index in [1.165, 1.54) is 24.8 Å². The van der Waals surface area contributed by atoms with Gasteiger partial charge in [0.1, 0.15) is 18.5 Å². The summed E-state index contributed by atoms with van der Waals surface area (Å²) in [6, 6.07) is 4.39. The Bertz CT molecular complexity index is 914. The Labute approximate surface area is 130 Å². The molecule has 2 aromatic heterocycles. The van der Waals surface area contributed by atoms with Gasteiger partial charge in [0.25, 0.3) is 0 Å². The minimum atomic E-state index is -0.492. The Morgan fingerprint density at radius 1 is 1.39 bits per heavy atom. The first-order valence-corrected chi connectivity index (χ1v) is 7.10. The summed E-state index contributed by atoms with van der Waals surface area (Å²) in [6.07, 6.45) is 2.94. The number of imidazole rings is 1. The minimum Gasteiger partial charge on any atom is -0.461 e. The molecule has 116 valence electrons. The van der Waals surface area contributed by atoms with Gasteiger partial charge in [-0.1, -0.05) is 0 Å². The number of hydrogen-bond donors (Lipinski definition) is 0. The normalized spacial score (nSPS) is 12.1. The summed E-state index contributed by atoms with van der Waals surface area (Å²) < 4.78 is 22.1. The maximum Gasteiger partial charge on any atom is 0.358 e. The lowest BCUT2D eigenvalue weighted by atomic mass is 10.1. The van der Waals surface area contributed by atoms with Crippen LogP contribution in [-0.4, -0.2) is 36.9 Å². The number of carbonyl (C=O) groups excluding carboxylic acids is 1. The summed E-state index contributed by atoms with van der Waals surface area (Å²) in [5.41, 5.74) is 2.14. The van der Waals surface area contributed by atoms with Crippen LogP contribution < -0.4 is 0 Å².